The molecule has 12 heavy (non-hydrogen) atoms. The highest BCUT2D eigenvalue weighted by Crippen LogP contribution is 2.33. The lowest BCUT2D eigenvalue weighted by atomic mass is 10.5. The second kappa shape index (κ2) is 4.37. The lowest BCUT2D eigenvalue weighted by Gasteiger charge is -2.27. The lowest BCUT2D eigenvalue weighted by molar-refractivity contribution is -0.151. The Morgan fingerprint density at radius 1 is 1.17 bits per heavy atom. The molecule has 0 aliphatic carbocycles. The molecule has 0 fully saturated rings. The molecule has 0 saturated carbocycles. The third kappa shape index (κ3) is 4.21. The number of alkyl halides is 3. The number of nitrogens with zero attached hydrogens (tertiary/aromatic N) is 1. The summed E-state index contributed by atoms with van der Waals surface area (Å²) in [6.45, 7) is 3.51. The maximum absolute atomic E-state index is 12.3. The minimum atomic E-state index is -4.14. The number of rotatable bonds is 3. The van der Waals surface area contributed by atoms with Gasteiger partial charge in [0.2, 0.25) is 0 Å². The highest BCUT2D eigenvalue weighted by atomic mass is 32.2. The van der Waals surface area contributed by atoms with Crippen molar-refractivity contribution in [2.75, 3.05) is 14.1 Å². The van der Waals surface area contributed by atoms with Gasteiger partial charge in [0.1, 0.15) is 0 Å². The summed E-state index contributed by atoms with van der Waals surface area (Å²) in [5, 5.41) is -1.41. The average molecular weight is 201 g/mol. The van der Waals surface area contributed by atoms with Gasteiger partial charge >= 0.3 is 6.18 Å². The monoisotopic (exact) mass is 201 g/mol. The quantitative estimate of drug-likeness (QED) is 0.646. The number of halogens is 3. The van der Waals surface area contributed by atoms with Crippen LogP contribution in [0.15, 0.2) is 0 Å². The van der Waals surface area contributed by atoms with E-state index in [2.05, 4.69) is 0 Å². The number of hydrogen-bond acceptors (Lipinski definition) is 2. The topological polar surface area (TPSA) is 3.24 Å². The maximum Gasteiger partial charge on any atom is 0.413 e. The Morgan fingerprint density at radius 3 is 1.67 bits per heavy atom. The van der Waals surface area contributed by atoms with Gasteiger partial charge in [-0.1, -0.05) is 13.8 Å². The van der Waals surface area contributed by atoms with E-state index in [0.717, 1.165) is 11.8 Å². The third-order valence-electron chi connectivity index (χ3n) is 1.15. The van der Waals surface area contributed by atoms with Crippen molar-refractivity contribution in [2.45, 2.75) is 30.6 Å². The van der Waals surface area contributed by atoms with E-state index in [1.54, 1.807) is 13.8 Å². The van der Waals surface area contributed by atoms with Gasteiger partial charge in [0.15, 0.2) is 5.37 Å². The summed E-state index contributed by atoms with van der Waals surface area (Å²) in [5.41, 5.74) is 0. The fourth-order valence-electron chi connectivity index (χ4n) is 0.749. The van der Waals surface area contributed by atoms with E-state index < -0.39 is 11.6 Å². The molecule has 1 unspecified atom stereocenters. The van der Waals surface area contributed by atoms with Crippen LogP contribution in [0.5, 0.6) is 0 Å². The number of hydrogen-bond donors (Lipinski definition) is 0. The highest BCUT2D eigenvalue weighted by Gasteiger charge is 2.41. The molecule has 0 radical (unpaired) electrons. The van der Waals surface area contributed by atoms with Crippen molar-refractivity contribution in [3.05, 3.63) is 0 Å². The van der Waals surface area contributed by atoms with Crippen molar-refractivity contribution < 1.29 is 13.2 Å². The van der Waals surface area contributed by atoms with Crippen LogP contribution in [-0.2, 0) is 0 Å². The smallest absolute Gasteiger partial charge is 0.290 e. The molecule has 1 nitrogen and oxygen atoms in total. The Balaban J connectivity index is 4.25. The van der Waals surface area contributed by atoms with Crippen LogP contribution in [0.4, 0.5) is 13.2 Å². The van der Waals surface area contributed by atoms with Crippen molar-refractivity contribution in [3.63, 3.8) is 0 Å². The molecule has 0 aromatic heterocycles. The Hall–Kier alpha value is 0.100. The van der Waals surface area contributed by atoms with E-state index in [9.17, 15) is 13.2 Å². The average Bonchev–Trinajstić information content (AvgIpc) is 1.79. The van der Waals surface area contributed by atoms with Gasteiger partial charge in [-0.05, 0) is 14.1 Å². The van der Waals surface area contributed by atoms with Gasteiger partial charge in [0.25, 0.3) is 0 Å². The molecule has 0 aromatic carbocycles. The standard InChI is InChI=1S/C7H14F3NS/c1-5(2)12-6(11(3)4)7(8,9)10/h5-6H,1-4H3. The van der Waals surface area contributed by atoms with Gasteiger partial charge in [-0.15, -0.1) is 11.8 Å². The van der Waals surface area contributed by atoms with Crippen molar-refractivity contribution in [2.24, 2.45) is 0 Å². The van der Waals surface area contributed by atoms with Gasteiger partial charge in [0.05, 0.1) is 0 Å². The maximum atomic E-state index is 12.3. The van der Waals surface area contributed by atoms with Crippen molar-refractivity contribution in [1.29, 1.82) is 0 Å². The largest absolute Gasteiger partial charge is 0.413 e. The molecule has 0 N–H and O–H groups in total. The first-order valence-corrected chi connectivity index (χ1v) is 4.58. The second-order valence-electron chi connectivity index (χ2n) is 3.04. The molecule has 0 aromatic rings. The van der Waals surface area contributed by atoms with Gasteiger partial charge in [-0.25, -0.2) is 0 Å². The Kier molecular flexibility index (Phi) is 4.40. The molecule has 0 aliphatic rings. The highest BCUT2D eigenvalue weighted by molar-refractivity contribution is 8.00. The van der Waals surface area contributed by atoms with Crippen molar-refractivity contribution >= 4 is 11.8 Å². The lowest BCUT2D eigenvalue weighted by Crippen LogP contribution is -2.39. The van der Waals surface area contributed by atoms with Gasteiger partial charge in [-0.2, -0.15) is 13.2 Å². The van der Waals surface area contributed by atoms with Crippen LogP contribution in [0.1, 0.15) is 13.8 Å². The van der Waals surface area contributed by atoms with Crippen LogP contribution in [0.25, 0.3) is 0 Å². The first-order chi connectivity index (χ1) is 5.25. The SMILES string of the molecule is CC(C)SC(N(C)C)C(F)(F)F. The van der Waals surface area contributed by atoms with Crippen LogP contribution >= 0.6 is 11.8 Å². The first-order valence-electron chi connectivity index (χ1n) is 3.63. The van der Waals surface area contributed by atoms with Crippen LogP contribution in [0, 0.1) is 0 Å². The molecule has 0 aliphatic heterocycles. The molecule has 5 heteroatoms. The Morgan fingerprint density at radius 2 is 1.58 bits per heavy atom. The zero-order valence-electron chi connectivity index (χ0n) is 7.64. The molecule has 0 saturated heterocycles. The van der Waals surface area contributed by atoms with Crippen LogP contribution in [0.2, 0.25) is 0 Å². The van der Waals surface area contributed by atoms with E-state index in [1.165, 1.54) is 19.0 Å². The summed E-state index contributed by atoms with van der Waals surface area (Å²) < 4.78 is 36.8. The zero-order valence-corrected chi connectivity index (χ0v) is 8.46. The van der Waals surface area contributed by atoms with Gasteiger partial charge in [-0.3, -0.25) is 4.90 Å². The molecule has 0 rings (SSSR count). The van der Waals surface area contributed by atoms with Crippen molar-refractivity contribution in [1.82, 2.24) is 4.90 Å². The van der Waals surface area contributed by atoms with E-state index in [4.69, 9.17) is 0 Å². The molecule has 74 valence electrons. The normalized spacial score (nSPS) is 15.8. The van der Waals surface area contributed by atoms with E-state index >= 15 is 0 Å². The summed E-state index contributed by atoms with van der Waals surface area (Å²) in [6.07, 6.45) is -4.14. The minimum Gasteiger partial charge on any atom is -0.290 e. The predicted octanol–water partition coefficient (Wildman–Crippen LogP) is 2.58. The van der Waals surface area contributed by atoms with Crippen LogP contribution in [0.3, 0.4) is 0 Å². The molecule has 0 spiro atoms. The summed E-state index contributed by atoms with van der Waals surface area (Å²) in [7, 11) is 2.88. The van der Waals surface area contributed by atoms with Crippen molar-refractivity contribution in [3.8, 4) is 0 Å². The molecular weight excluding hydrogens is 187 g/mol. The van der Waals surface area contributed by atoms with Crippen LogP contribution < -0.4 is 0 Å². The van der Waals surface area contributed by atoms with Gasteiger partial charge in [0, 0.05) is 5.25 Å². The summed E-state index contributed by atoms with van der Waals surface area (Å²) in [6, 6.07) is 0. The van der Waals surface area contributed by atoms with E-state index in [-0.39, 0.29) is 5.25 Å². The fraction of sp³-hybridized carbons (Fsp3) is 1.00. The number of thioether (sulfide) groups is 1. The second-order valence-corrected chi connectivity index (χ2v) is 4.70. The molecule has 0 heterocycles. The minimum absolute atomic E-state index is 0.0148. The summed E-state index contributed by atoms with van der Waals surface area (Å²) >= 11 is 0.916. The summed E-state index contributed by atoms with van der Waals surface area (Å²) in [4.78, 5) is 1.19. The molecule has 0 amide bonds. The summed E-state index contributed by atoms with van der Waals surface area (Å²) in [5.74, 6) is 0. The zero-order chi connectivity index (χ0) is 9.94. The van der Waals surface area contributed by atoms with Gasteiger partial charge < -0.3 is 0 Å². The first kappa shape index (κ1) is 12.1. The van der Waals surface area contributed by atoms with Crippen LogP contribution in [-0.4, -0.2) is 35.8 Å². The molecular formula is C7H14F3NS. The molecule has 0 bridgehead atoms. The fourth-order valence-corrected chi connectivity index (χ4v) is 1.66. The van der Waals surface area contributed by atoms with E-state index in [0.29, 0.717) is 0 Å². The molecule has 1 atom stereocenters. The Labute approximate surface area is 75.3 Å². The Bertz CT molecular complexity index is 133. The predicted molar refractivity (Wildman–Crippen MR) is 46.3 cm³/mol. The van der Waals surface area contributed by atoms with E-state index in [1.807, 2.05) is 0 Å². The third-order valence-corrected chi connectivity index (χ3v) is 2.64.